The monoisotopic (exact) mass is 422 g/mol. The van der Waals surface area contributed by atoms with Gasteiger partial charge in [0.05, 0.1) is 23.3 Å². The zero-order chi connectivity index (χ0) is 20.2. The molecule has 0 bridgehead atoms. The number of hydroxylamine groups is 2. The molecule has 2 atom stereocenters. The first kappa shape index (κ1) is 19.5. The molecule has 0 amide bonds. The van der Waals surface area contributed by atoms with Gasteiger partial charge >= 0.3 is 0 Å². The van der Waals surface area contributed by atoms with Crippen molar-refractivity contribution in [3.05, 3.63) is 51.2 Å². The van der Waals surface area contributed by atoms with Crippen LogP contribution in [0.3, 0.4) is 0 Å². The van der Waals surface area contributed by atoms with E-state index in [1.165, 1.54) is 0 Å². The smallest absolute Gasteiger partial charge is 0.229 e. The third-order valence-corrected chi connectivity index (χ3v) is 7.15. The van der Waals surface area contributed by atoms with E-state index in [4.69, 9.17) is 0 Å². The third-order valence-electron chi connectivity index (χ3n) is 5.37. The minimum Gasteiger partial charge on any atom is -0.385 e. The molecule has 0 saturated carbocycles. The highest BCUT2D eigenvalue weighted by molar-refractivity contribution is 8.03. The highest BCUT2D eigenvalue weighted by Gasteiger charge is 2.44. The number of anilines is 1. The Kier molecular flexibility index (Phi) is 4.81. The van der Waals surface area contributed by atoms with Crippen molar-refractivity contribution in [2.75, 3.05) is 16.7 Å². The van der Waals surface area contributed by atoms with Crippen LogP contribution in [0.2, 0.25) is 0 Å². The fourth-order valence-corrected chi connectivity index (χ4v) is 5.97. The summed E-state index contributed by atoms with van der Waals surface area (Å²) in [6, 6.07) is 5.44. The number of carbonyl (C=O) groups excluding carboxylic acids is 1. The van der Waals surface area contributed by atoms with Gasteiger partial charge in [0.1, 0.15) is 6.10 Å². The lowest BCUT2D eigenvalue weighted by molar-refractivity contribution is -0.126. The van der Waals surface area contributed by atoms with Crippen molar-refractivity contribution in [1.82, 2.24) is 5.06 Å². The lowest BCUT2D eigenvalue weighted by atomic mass is 9.78. The van der Waals surface area contributed by atoms with Gasteiger partial charge < -0.3 is 5.11 Å². The molecule has 7 nitrogen and oxygen atoms in total. The second-order valence-electron chi connectivity index (χ2n) is 7.38. The minimum atomic E-state index is -3.45. The Hall–Kier alpha value is -1.81. The maximum atomic E-state index is 12.9. The van der Waals surface area contributed by atoms with Gasteiger partial charge in [0.25, 0.3) is 0 Å². The molecule has 2 aliphatic heterocycles. The lowest BCUT2D eigenvalue weighted by Gasteiger charge is -2.38. The molecule has 28 heavy (non-hydrogen) atoms. The molecule has 0 fully saturated rings. The van der Waals surface area contributed by atoms with Gasteiger partial charge in [-0.05, 0) is 37.0 Å². The van der Waals surface area contributed by atoms with Crippen LogP contribution in [0.15, 0.2) is 40.1 Å². The van der Waals surface area contributed by atoms with E-state index in [-0.39, 0.29) is 12.2 Å². The highest BCUT2D eigenvalue weighted by Crippen LogP contribution is 2.53. The minimum absolute atomic E-state index is 0.284. The van der Waals surface area contributed by atoms with Crippen molar-refractivity contribution in [2.45, 2.75) is 38.2 Å². The Morgan fingerprint density at radius 3 is 2.71 bits per heavy atom. The van der Waals surface area contributed by atoms with Gasteiger partial charge in [-0.25, -0.2) is 13.5 Å². The number of benzene rings is 1. The van der Waals surface area contributed by atoms with E-state index in [0.717, 1.165) is 38.8 Å². The Morgan fingerprint density at radius 2 is 2.00 bits per heavy atom. The molecule has 1 aromatic rings. The molecule has 4 rings (SSSR count). The number of ketones is 1. The molecule has 150 valence electrons. The number of aliphatic hydroxyl groups is 1. The zero-order valence-corrected chi connectivity index (χ0v) is 17.2. The van der Waals surface area contributed by atoms with Crippen molar-refractivity contribution in [3.8, 4) is 0 Å². The second kappa shape index (κ2) is 6.91. The number of carbonyl (C=O) groups is 1. The number of allylic oxidation sites excluding steroid dienone is 3. The first-order valence-corrected chi connectivity index (χ1v) is 11.9. The van der Waals surface area contributed by atoms with Crippen LogP contribution in [0.4, 0.5) is 5.69 Å². The predicted octanol–water partition coefficient (Wildman–Crippen LogP) is 2.48. The van der Waals surface area contributed by atoms with Crippen molar-refractivity contribution in [2.24, 2.45) is 0 Å². The molecule has 3 N–H and O–H groups in total. The van der Waals surface area contributed by atoms with E-state index in [0.29, 0.717) is 29.8 Å². The number of rotatable bonds is 3. The van der Waals surface area contributed by atoms with Gasteiger partial charge in [0, 0.05) is 28.6 Å². The molecule has 1 aromatic carbocycles. The number of nitrogens with zero attached hydrogens (tertiary/aromatic N) is 1. The summed E-state index contributed by atoms with van der Waals surface area (Å²) in [5, 5.41) is 22.0. The van der Waals surface area contributed by atoms with Crippen LogP contribution in [0.25, 0.3) is 0 Å². The summed E-state index contributed by atoms with van der Waals surface area (Å²) >= 11 is 1.59. The maximum Gasteiger partial charge on any atom is 0.229 e. The summed E-state index contributed by atoms with van der Waals surface area (Å²) in [5.41, 5.74) is 3.73. The number of aryl methyl sites for hydroxylation is 1. The zero-order valence-electron chi connectivity index (χ0n) is 15.6. The van der Waals surface area contributed by atoms with Crippen LogP contribution in [0.5, 0.6) is 0 Å². The molecule has 3 aliphatic rings. The normalized spacial score (nSPS) is 25.1. The number of Topliss-reactive ketones (excluding diaryl/α,β-unsaturated/α-hetero) is 1. The van der Waals surface area contributed by atoms with Gasteiger partial charge in [0.15, 0.2) is 5.78 Å². The molecule has 9 heteroatoms. The Morgan fingerprint density at radius 1 is 1.25 bits per heavy atom. The van der Waals surface area contributed by atoms with Crippen LogP contribution >= 0.6 is 11.8 Å². The van der Waals surface area contributed by atoms with Gasteiger partial charge in [-0.15, -0.1) is 11.8 Å². The quantitative estimate of drug-likeness (QED) is 0.687. The van der Waals surface area contributed by atoms with Crippen LogP contribution in [-0.2, 0) is 14.8 Å². The number of hydrogen-bond donors (Lipinski definition) is 3. The number of thioether (sulfide) groups is 1. The average molecular weight is 423 g/mol. The molecule has 1 aliphatic carbocycles. The molecular formula is C19H22N2O5S2. The van der Waals surface area contributed by atoms with E-state index >= 15 is 0 Å². The Balaban J connectivity index is 1.88. The number of sulfonamides is 1. The van der Waals surface area contributed by atoms with Crippen LogP contribution in [0.1, 0.15) is 36.3 Å². The van der Waals surface area contributed by atoms with Crippen LogP contribution in [-0.4, -0.2) is 47.7 Å². The van der Waals surface area contributed by atoms with Gasteiger partial charge in [-0.2, -0.15) is 0 Å². The first-order chi connectivity index (χ1) is 13.2. The number of hydrogen-bond acceptors (Lipinski definition) is 7. The average Bonchev–Trinajstić information content (AvgIpc) is 3.09. The summed E-state index contributed by atoms with van der Waals surface area (Å²) in [5.74, 6) is 0.0159. The topological polar surface area (TPSA) is 107 Å². The summed E-state index contributed by atoms with van der Waals surface area (Å²) in [6.45, 7) is 1.81. The van der Waals surface area contributed by atoms with E-state index in [2.05, 4.69) is 4.72 Å². The number of aliphatic hydroxyl groups excluding tert-OH is 1. The van der Waals surface area contributed by atoms with Gasteiger partial charge in [-0.3, -0.25) is 14.7 Å². The summed E-state index contributed by atoms with van der Waals surface area (Å²) in [4.78, 5) is 13.8. The first-order valence-electron chi connectivity index (χ1n) is 9.06. The maximum absolute atomic E-state index is 12.9. The predicted molar refractivity (Wildman–Crippen MR) is 107 cm³/mol. The SMILES string of the molecule is Cc1ccc(C2C3=C(CCS3)N(O)C3=C2C(=O)C(O)CC3)cc1NS(C)(=O)=O. The van der Waals surface area contributed by atoms with Crippen molar-refractivity contribution in [3.63, 3.8) is 0 Å². The second-order valence-corrected chi connectivity index (χ2v) is 10.3. The van der Waals surface area contributed by atoms with Crippen molar-refractivity contribution >= 4 is 33.3 Å². The number of nitrogens with one attached hydrogen (secondary N) is 1. The lowest BCUT2D eigenvalue weighted by Crippen LogP contribution is -2.38. The molecule has 0 radical (unpaired) electrons. The molecule has 0 aromatic heterocycles. The van der Waals surface area contributed by atoms with Crippen LogP contribution < -0.4 is 4.72 Å². The molecule has 2 heterocycles. The van der Waals surface area contributed by atoms with E-state index in [1.54, 1.807) is 17.8 Å². The Bertz CT molecular complexity index is 1030. The molecule has 2 unspecified atom stereocenters. The fourth-order valence-electron chi connectivity index (χ4n) is 4.06. The van der Waals surface area contributed by atoms with Crippen LogP contribution in [0, 0.1) is 6.92 Å². The van der Waals surface area contributed by atoms with E-state index in [9.17, 15) is 23.5 Å². The largest absolute Gasteiger partial charge is 0.385 e. The van der Waals surface area contributed by atoms with Gasteiger partial charge in [0.2, 0.25) is 10.0 Å². The standard InChI is InChI=1S/C19H22N2O5S2/c1-10-3-4-11(9-12(10)20-28(2,25)26)16-17-13(5-6-15(22)18(17)23)21(24)14-7-8-27-19(14)16/h3-4,9,15-16,20,22,24H,5-8H2,1-2H3. The summed E-state index contributed by atoms with van der Waals surface area (Å²) in [7, 11) is -3.45. The Labute approximate surface area is 168 Å². The van der Waals surface area contributed by atoms with E-state index in [1.807, 2.05) is 19.1 Å². The molecule has 0 saturated heterocycles. The van der Waals surface area contributed by atoms with Crippen molar-refractivity contribution < 1.29 is 23.5 Å². The third kappa shape index (κ3) is 3.26. The van der Waals surface area contributed by atoms with Gasteiger partial charge in [-0.1, -0.05) is 12.1 Å². The highest BCUT2D eigenvalue weighted by atomic mass is 32.2. The molecule has 0 spiro atoms. The molecular weight excluding hydrogens is 400 g/mol. The summed E-state index contributed by atoms with van der Waals surface area (Å²) in [6.07, 6.45) is 1.41. The summed E-state index contributed by atoms with van der Waals surface area (Å²) < 4.78 is 26.0. The van der Waals surface area contributed by atoms with Crippen molar-refractivity contribution in [1.29, 1.82) is 0 Å². The fraction of sp³-hybridized carbons (Fsp3) is 0.421. The van der Waals surface area contributed by atoms with E-state index < -0.39 is 22.0 Å².